The predicted molar refractivity (Wildman–Crippen MR) is 72.2 cm³/mol. The van der Waals surface area contributed by atoms with Crippen molar-refractivity contribution in [3.05, 3.63) is 58.9 Å². The van der Waals surface area contributed by atoms with Gasteiger partial charge < -0.3 is 9.72 Å². The number of ether oxygens (including phenoxy) is 1. The first-order valence-corrected chi connectivity index (χ1v) is 5.78. The van der Waals surface area contributed by atoms with Crippen LogP contribution in [0.25, 0.3) is 6.08 Å². The molecule has 1 aromatic heterocycles. The monoisotopic (exact) mass is 261 g/mol. The topological polar surface area (TPSA) is 42.1 Å². The molecule has 2 aromatic rings. The van der Waals surface area contributed by atoms with Crippen molar-refractivity contribution in [1.82, 2.24) is 4.98 Å². The average Bonchev–Trinajstić information content (AvgIpc) is 2.83. The largest absolute Gasteiger partial charge is 0.497 e. The number of carbonyl (C=O) groups is 1. The zero-order valence-corrected chi connectivity index (χ0v) is 10.6. The molecule has 4 heteroatoms. The molecule has 0 atom stereocenters. The Morgan fingerprint density at radius 3 is 2.50 bits per heavy atom. The van der Waals surface area contributed by atoms with E-state index in [2.05, 4.69) is 4.98 Å². The summed E-state index contributed by atoms with van der Waals surface area (Å²) in [6.45, 7) is 0. The van der Waals surface area contributed by atoms with Crippen LogP contribution >= 0.6 is 11.6 Å². The SMILES string of the molecule is COc1ccc(/C=C/C(=O)c2ccc(Cl)[nH]2)cc1. The Balaban J connectivity index is 2.08. The fourth-order valence-corrected chi connectivity index (χ4v) is 1.65. The molecule has 2 rings (SSSR count). The highest BCUT2D eigenvalue weighted by Crippen LogP contribution is 2.13. The third kappa shape index (κ3) is 3.02. The van der Waals surface area contributed by atoms with Crippen molar-refractivity contribution in [2.75, 3.05) is 7.11 Å². The summed E-state index contributed by atoms with van der Waals surface area (Å²) < 4.78 is 5.06. The Morgan fingerprint density at radius 1 is 1.22 bits per heavy atom. The van der Waals surface area contributed by atoms with Crippen LogP contribution in [-0.2, 0) is 0 Å². The molecular formula is C14H12ClNO2. The number of aromatic amines is 1. The minimum Gasteiger partial charge on any atom is -0.497 e. The van der Waals surface area contributed by atoms with Gasteiger partial charge in [0.05, 0.1) is 12.8 Å². The van der Waals surface area contributed by atoms with Gasteiger partial charge in [0.15, 0.2) is 0 Å². The van der Waals surface area contributed by atoms with Gasteiger partial charge in [-0.15, -0.1) is 0 Å². The van der Waals surface area contributed by atoms with Gasteiger partial charge >= 0.3 is 0 Å². The fraction of sp³-hybridized carbons (Fsp3) is 0.0714. The van der Waals surface area contributed by atoms with Gasteiger partial charge in [0, 0.05) is 0 Å². The summed E-state index contributed by atoms with van der Waals surface area (Å²) in [6.07, 6.45) is 3.25. The third-order valence-corrected chi connectivity index (χ3v) is 2.68. The minimum absolute atomic E-state index is 0.113. The third-order valence-electron chi connectivity index (χ3n) is 2.46. The maximum Gasteiger partial charge on any atom is 0.202 e. The second-order valence-corrected chi connectivity index (χ2v) is 4.10. The van der Waals surface area contributed by atoms with Crippen LogP contribution in [0.15, 0.2) is 42.5 Å². The first-order valence-electron chi connectivity index (χ1n) is 5.40. The van der Waals surface area contributed by atoms with E-state index in [0.717, 1.165) is 11.3 Å². The Morgan fingerprint density at radius 2 is 1.94 bits per heavy atom. The van der Waals surface area contributed by atoms with Crippen molar-refractivity contribution in [2.24, 2.45) is 0 Å². The first-order chi connectivity index (χ1) is 8.69. The molecule has 1 N–H and O–H groups in total. The number of halogens is 1. The molecule has 0 bridgehead atoms. The Kier molecular flexibility index (Phi) is 3.85. The number of carbonyl (C=O) groups excluding carboxylic acids is 1. The molecule has 0 fully saturated rings. The van der Waals surface area contributed by atoms with Gasteiger partial charge in [-0.2, -0.15) is 0 Å². The molecule has 1 heterocycles. The number of methoxy groups -OCH3 is 1. The van der Waals surface area contributed by atoms with E-state index >= 15 is 0 Å². The zero-order chi connectivity index (χ0) is 13.0. The molecule has 0 aliphatic rings. The highest BCUT2D eigenvalue weighted by atomic mass is 35.5. The van der Waals surface area contributed by atoms with Crippen LogP contribution in [0.1, 0.15) is 16.1 Å². The number of aromatic nitrogens is 1. The van der Waals surface area contributed by atoms with Gasteiger partial charge in [0.25, 0.3) is 0 Å². The highest BCUT2D eigenvalue weighted by molar-refractivity contribution is 6.29. The standard InChI is InChI=1S/C14H12ClNO2/c1-18-11-5-2-10(3-6-11)4-8-13(17)12-7-9-14(15)16-12/h2-9,16H,1H3/b8-4+. The van der Waals surface area contributed by atoms with Gasteiger partial charge in [-0.1, -0.05) is 29.8 Å². The van der Waals surface area contributed by atoms with E-state index in [1.54, 1.807) is 25.3 Å². The van der Waals surface area contributed by atoms with Crippen LogP contribution in [0, 0.1) is 0 Å². The number of benzene rings is 1. The smallest absolute Gasteiger partial charge is 0.202 e. The maximum atomic E-state index is 11.8. The number of hydrogen-bond acceptors (Lipinski definition) is 2. The summed E-state index contributed by atoms with van der Waals surface area (Å²) in [5.41, 5.74) is 1.41. The molecule has 3 nitrogen and oxygen atoms in total. The number of nitrogens with one attached hydrogen (secondary N) is 1. The first kappa shape index (κ1) is 12.5. The van der Waals surface area contributed by atoms with Crippen molar-refractivity contribution in [3.8, 4) is 5.75 Å². The lowest BCUT2D eigenvalue weighted by atomic mass is 10.1. The van der Waals surface area contributed by atoms with E-state index in [1.807, 2.05) is 24.3 Å². The van der Waals surface area contributed by atoms with Crippen LogP contribution in [0.5, 0.6) is 5.75 Å². The summed E-state index contributed by atoms with van der Waals surface area (Å²) >= 11 is 5.71. The quantitative estimate of drug-likeness (QED) is 0.675. The number of rotatable bonds is 4. The van der Waals surface area contributed by atoms with Crippen LogP contribution in [-0.4, -0.2) is 17.9 Å². The van der Waals surface area contributed by atoms with Crippen molar-refractivity contribution >= 4 is 23.5 Å². The van der Waals surface area contributed by atoms with Crippen molar-refractivity contribution in [3.63, 3.8) is 0 Å². The number of hydrogen-bond donors (Lipinski definition) is 1. The molecule has 0 unspecified atom stereocenters. The van der Waals surface area contributed by atoms with E-state index < -0.39 is 0 Å². The van der Waals surface area contributed by atoms with Crippen LogP contribution in [0.4, 0.5) is 0 Å². The molecule has 1 aromatic carbocycles. The number of allylic oxidation sites excluding steroid dienone is 1. The minimum atomic E-state index is -0.113. The van der Waals surface area contributed by atoms with Crippen molar-refractivity contribution in [2.45, 2.75) is 0 Å². The summed E-state index contributed by atoms with van der Waals surface area (Å²) in [5, 5.41) is 0.455. The summed E-state index contributed by atoms with van der Waals surface area (Å²) in [6, 6.07) is 10.7. The molecule has 0 spiro atoms. The van der Waals surface area contributed by atoms with Gasteiger partial charge in [0.1, 0.15) is 10.9 Å². The summed E-state index contributed by atoms with van der Waals surface area (Å²) in [5.74, 6) is 0.673. The van der Waals surface area contributed by atoms with Crippen LogP contribution in [0.2, 0.25) is 5.15 Å². The molecule has 0 saturated carbocycles. The average molecular weight is 262 g/mol. The second-order valence-electron chi connectivity index (χ2n) is 3.69. The van der Waals surface area contributed by atoms with Crippen LogP contribution in [0.3, 0.4) is 0 Å². The fourth-order valence-electron chi connectivity index (χ4n) is 1.49. The Hall–Kier alpha value is -2.00. The van der Waals surface area contributed by atoms with Gasteiger partial charge in [-0.05, 0) is 35.9 Å². The zero-order valence-electron chi connectivity index (χ0n) is 9.81. The second kappa shape index (κ2) is 5.56. The van der Waals surface area contributed by atoms with Gasteiger partial charge in [-0.25, -0.2) is 0 Å². The summed E-state index contributed by atoms with van der Waals surface area (Å²) in [7, 11) is 1.61. The van der Waals surface area contributed by atoms with Gasteiger partial charge in [-0.3, -0.25) is 4.79 Å². The Labute approximate surface area is 110 Å². The maximum absolute atomic E-state index is 11.8. The van der Waals surface area contributed by atoms with Gasteiger partial charge in [0.2, 0.25) is 5.78 Å². The molecule has 0 aliphatic carbocycles. The van der Waals surface area contributed by atoms with Crippen molar-refractivity contribution in [1.29, 1.82) is 0 Å². The molecule has 0 saturated heterocycles. The highest BCUT2D eigenvalue weighted by Gasteiger charge is 2.03. The number of ketones is 1. The molecule has 18 heavy (non-hydrogen) atoms. The molecule has 92 valence electrons. The van der Waals surface area contributed by atoms with Crippen molar-refractivity contribution < 1.29 is 9.53 Å². The van der Waals surface area contributed by atoms with E-state index in [-0.39, 0.29) is 5.78 Å². The van der Waals surface area contributed by atoms with E-state index in [4.69, 9.17) is 16.3 Å². The summed E-state index contributed by atoms with van der Waals surface area (Å²) in [4.78, 5) is 14.5. The predicted octanol–water partition coefficient (Wildman–Crippen LogP) is 3.57. The normalized spacial score (nSPS) is 10.8. The molecular weight excluding hydrogens is 250 g/mol. The molecule has 0 amide bonds. The van der Waals surface area contributed by atoms with Crippen LogP contribution < -0.4 is 4.74 Å². The lowest BCUT2D eigenvalue weighted by Gasteiger charge is -1.98. The number of H-pyrrole nitrogens is 1. The van der Waals surface area contributed by atoms with E-state index in [9.17, 15) is 4.79 Å². The lowest BCUT2D eigenvalue weighted by molar-refractivity contribution is 0.104. The molecule has 0 radical (unpaired) electrons. The Bertz CT molecular complexity index is 570. The molecule has 0 aliphatic heterocycles. The van der Waals surface area contributed by atoms with E-state index in [0.29, 0.717) is 10.8 Å². The van der Waals surface area contributed by atoms with E-state index in [1.165, 1.54) is 6.08 Å². The lowest BCUT2D eigenvalue weighted by Crippen LogP contribution is -1.93.